The van der Waals surface area contributed by atoms with Crippen molar-refractivity contribution in [3.63, 3.8) is 0 Å². The molecule has 2 aliphatic rings. The van der Waals surface area contributed by atoms with E-state index in [1.807, 2.05) is 19.9 Å². The van der Waals surface area contributed by atoms with Crippen molar-refractivity contribution in [2.45, 2.75) is 39.5 Å². The summed E-state index contributed by atoms with van der Waals surface area (Å²) in [5.74, 6) is 0.361. The average molecular weight is 400 g/mol. The smallest absolute Gasteiger partial charge is 0.178 e. The Morgan fingerprint density at radius 2 is 1.76 bits per heavy atom. The summed E-state index contributed by atoms with van der Waals surface area (Å²) < 4.78 is 26.6. The van der Waals surface area contributed by atoms with Gasteiger partial charge in [-0.3, -0.25) is 9.69 Å². The fourth-order valence-corrected chi connectivity index (χ4v) is 4.42. The number of nitrogens with zero attached hydrogens (tertiary/aromatic N) is 2. The largest absolute Gasteiger partial charge is 0.350 e. The lowest BCUT2D eigenvalue weighted by Crippen LogP contribution is -2.40. The number of likely N-dealkylation sites (tertiary alicyclic amines) is 1. The number of hydrogen-bond donors (Lipinski definition) is 0. The molecule has 0 atom stereocenters. The normalized spacial score (nSPS) is 19.1. The van der Waals surface area contributed by atoms with E-state index in [1.165, 1.54) is 12.1 Å². The van der Waals surface area contributed by atoms with Gasteiger partial charge in [0.05, 0.1) is 19.8 Å². The first-order valence-corrected chi connectivity index (χ1v) is 10.4. The quantitative estimate of drug-likeness (QED) is 0.696. The molecule has 3 heterocycles. The SMILES string of the molecule is Cc1cc(C(=O)CN2CCC(C3OCCO3)CC2)c(C)n1Cc1ccc(F)cc1. The van der Waals surface area contributed by atoms with Crippen molar-refractivity contribution in [2.75, 3.05) is 32.8 Å². The maximum Gasteiger partial charge on any atom is 0.178 e. The Balaban J connectivity index is 1.37. The molecule has 29 heavy (non-hydrogen) atoms. The average Bonchev–Trinajstić information content (AvgIpc) is 3.34. The molecule has 0 spiro atoms. The molecule has 4 rings (SSSR count). The van der Waals surface area contributed by atoms with E-state index in [1.54, 1.807) is 12.1 Å². The Morgan fingerprint density at radius 1 is 1.10 bits per heavy atom. The third kappa shape index (κ3) is 4.60. The van der Waals surface area contributed by atoms with Crippen LogP contribution < -0.4 is 0 Å². The van der Waals surface area contributed by atoms with E-state index in [-0.39, 0.29) is 17.9 Å². The highest BCUT2D eigenvalue weighted by atomic mass is 19.1. The van der Waals surface area contributed by atoms with Crippen LogP contribution in [0.15, 0.2) is 30.3 Å². The van der Waals surface area contributed by atoms with E-state index in [0.717, 1.165) is 48.4 Å². The van der Waals surface area contributed by atoms with Crippen LogP contribution in [0.1, 0.15) is 40.2 Å². The highest BCUT2D eigenvalue weighted by Crippen LogP contribution is 2.26. The fraction of sp³-hybridized carbons (Fsp3) is 0.522. The van der Waals surface area contributed by atoms with Crippen molar-refractivity contribution in [1.29, 1.82) is 0 Å². The Morgan fingerprint density at radius 3 is 2.41 bits per heavy atom. The number of piperidine rings is 1. The molecule has 2 aliphatic heterocycles. The summed E-state index contributed by atoms with van der Waals surface area (Å²) in [6.07, 6.45) is 1.95. The van der Waals surface area contributed by atoms with Crippen molar-refractivity contribution in [2.24, 2.45) is 5.92 Å². The van der Waals surface area contributed by atoms with Crippen LogP contribution in [0.5, 0.6) is 0 Å². The maximum atomic E-state index is 13.2. The molecule has 6 heteroatoms. The number of Topliss-reactive ketones (excluding diaryl/α,β-unsaturated/α-hetero) is 1. The first kappa shape index (κ1) is 20.3. The number of carbonyl (C=O) groups excluding carboxylic acids is 1. The lowest BCUT2D eigenvalue weighted by Gasteiger charge is -2.33. The van der Waals surface area contributed by atoms with Gasteiger partial charge in [-0.15, -0.1) is 0 Å². The van der Waals surface area contributed by atoms with Gasteiger partial charge in [0, 0.05) is 29.4 Å². The molecule has 0 N–H and O–H groups in total. The zero-order chi connectivity index (χ0) is 20.4. The highest BCUT2D eigenvalue weighted by Gasteiger charge is 2.31. The molecule has 2 fully saturated rings. The van der Waals surface area contributed by atoms with Gasteiger partial charge in [-0.05, 0) is 63.5 Å². The number of ketones is 1. The van der Waals surface area contributed by atoms with Gasteiger partial charge >= 0.3 is 0 Å². The van der Waals surface area contributed by atoms with Crippen molar-refractivity contribution < 1.29 is 18.7 Å². The molecular weight excluding hydrogens is 371 g/mol. The second-order valence-corrected chi connectivity index (χ2v) is 8.14. The van der Waals surface area contributed by atoms with Gasteiger partial charge in [0.2, 0.25) is 0 Å². The zero-order valence-corrected chi connectivity index (χ0v) is 17.2. The standard InChI is InChI=1S/C23H29FN2O3/c1-16-13-21(17(2)26(16)14-18-3-5-20(24)6-4-18)22(27)15-25-9-7-19(8-10-25)23-28-11-12-29-23/h3-6,13,19,23H,7-12,14-15H2,1-2H3. The van der Waals surface area contributed by atoms with Crippen LogP contribution >= 0.6 is 0 Å². The predicted octanol–water partition coefficient (Wildman–Crippen LogP) is 3.56. The Bertz CT molecular complexity index is 848. The minimum Gasteiger partial charge on any atom is -0.350 e. The third-order valence-electron chi connectivity index (χ3n) is 6.16. The second-order valence-electron chi connectivity index (χ2n) is 8.14. The summed E-state index contributed by atoms with van der Waals surface area (Å²) in [5.41, 5.74) is 3.82. The van der Waals surface area contributed by atoms with Crippen molar-refractivity contribution in [3.05, 3.63) is 58.7 Å². The number of aromatic nitrogens is 1. The summed E-state index contributed by atoms with van der Waals surface area (Å²) in [5, 5.41) is 0. The van der Waals surface area contributed by atoms with Crippen LogP contribution in [0, 0.1) is 25.6 Å². The third-order valence-corrected chi connectivity index (χ3v) is 6.16. The van der Waals surface area contributed by atoms with Gasteiger partial charge in [-0.25, -0.2) is 4.39 Å². The van der Waals surface area contributed by atoms with E-state index in [4.69, 9.17) is 9.47 Å². The molecule has 5 nitrogen and oxygen atoms in total. The summed E-state index contributed by atoms with van der Waals surface area (Å²) >= 11 is 0. The van der Waals surface area contributed by atoms with Gasteiger partial charge in [0.25, 0.3) is 0 Å². The second kappa shape index (κ2) is 8.78. The maximum absolute atomic E-state index is 13.2. The molecule has 2 aromatic rings. The lowest BCUT2D eigenvalue weighted by atomic mass is 9.96. The number of carbonyl (C=O) groups is 1. The number of benzene rings is 1. The van der Waals surface area contributed by atoms with Crippen LogP contribution in [0.2, 0.25) is 0 Å². The minimum absolute atomic E-state index is 0.0572. The first-order valence-electron chi connectivity index (χ1n) is 10.4. The van der Waals surface area contributed by atoms with Crippen LogP contribution in [0.4, 0.5) is 4.39 Å². The molecule has 0 radical (unpaired) electrons. The minimum atomic E-state index is -0.236. The van der Waals surface area contributed by atoms with E-state index in [9.17, 15) is 9.18 Å². The number of hydrogen-bond acceptors (Lipinski definition) is 4. The number of aryl methyl sites for hydroxylation is 1. The lowest BCUT2D eigenvalue weighted by molar-refractivity contribution is -0.0968. The molecule has 0 unspecified atom stereocenters. The van der Waals surface area contributed by atoms with Gasteiger partial charge in [0.15, 0.2) is 12.1 Å². The Hall–Kier alpha value is -2.02. The number of ether oxygens (including phenoxy) is 2. The first-order chi connectivity index (χ1) is 14.0. The summed E-state index contributed by atoms with van der Waals surface area (Å²) in [7, 11) is 0. The summed E-state index contributed by atoms with van der Waals surface area (Å²) in [6, 6.07) is 8.51. The Labute approximate surface area is 171 Å². The predicted molar refractivity (Wildman–Crippen MR) is 109 cm³/mol. The van der Waals surface area contributed by atoms with E-state index in [0.29, 0.717) is 32.2 Å². The summed E-state index contributed by atoms with van der Waals surface area (Å²) in [4.78, 5) is 15.2. The molecule has 156 valence electrons. The highest BCUT2D eigenvalue weighted by molar-refractivity contribution is 5.99. The molecule has 1 aromatic carbocycles. The van der Waals surface area contributed by atoms with E-state index >= 15 is 0 Å². The van der Waals surface area contributed by atoms with Crippen molar-refractivity contribution in [1.82, 2.24) is 9.47 Å². The van der Waals surface area contributed by atoms with Gasteiger partial charge in [-0.1, -0.05) is 12.1 Å². The molecule has 0 amide bonds. The molecule has 0 bridgehead atoms. The number of rotatable bonds is 6. The van der Waals surface area contributed by atoms with E-state index < -0.39 is 0 Å². The monoisotopic (exact) mass is 400 g/mol. The van der Waals surface area contributed by atoms with Gasteiger partial charge in [-0.2, -0.15) is 0 Å². The molecule has 2 saturated heterocycles. The van der Waals surface area contributed by atoms with Crippen LogP contribution in [-0.2, 0) is 16.0 Å². The van der Waals surface area contributed by atoms with Crippen LogP contribution in [0.3, 0.4) is 0 Å². The van der Waals surface area contributed by atoms with Gasteiger partial charge < -0.3 is 14.0 Å². The van der Waals surface area contributed by atoms with Crippen LogP contribution in [-0.4, -0.2) is 54.4 Å². The number of halogens is 1. The van der Waals surface area contributed by atoms with Crippen LogP contribution in [0.25, 0.3) is 0 Å². The summed E-state index contributed by atoms with van der Waals surface area (Å²) in [6.45, 7) is 8.26. The van der Waals surface area contributed by atoms with Crippen molar-refractivity contribution in [3.8, 4) is 0 Å². The fourth-order valence-electron chi connectivity index (χ4n) is 4.42. The molecular formula is C23H29FN2O3. The van der Waals surface area contributed by atoms with Crippen molar-refractivity contribution >= 4 is 5.78 Å². The zero-order valence-electron chi connectivity index (χ0n) is 17.2. The van der Waals surface area contributed by atoms with Gasteiger partial charge in [0.1, 0.15) is 5.82 Å². The topological polar surface area (TPSA) is 43.7 Å². The molecule has 0 aliphatic carbocycles. The molecule has 0 saturated carbocycles. The molecule has 1 aromatic heterocycles. The Kier molecular flexibility index (Phi) is 6.13. The van der Waals surface area contributed by atoms with E-state index in [2.05, 4.69) is 9.47 Å².